The number of H-pyrrole nitrogens is 2. The molecule has 0 atom stereocenters. The Morgan fingerprint density at radius 3 is 2.12 bits per heavy atom. The number of imidazole rings is 2. The Hall–Kier alpha value is -4.83. The molecule has 0 saturated carbocycles. The van der Waals surface area contributed by atoms with Crippen LogP contribution in [0.4, 0.5) is 11.9 Å². The highest BCUT2D eigenvalue weighted by Crippen LogP contribution is 2.06. The summed E-state index contributed by atoms with van der Waals surface area (Å²) in [7, 11) is 0. The number of anilines is 2. The standard InChI is InChI=1S/C12H14N6O.C7H9N3.C5H5N3O.2ClH/c13-12-14-6-9(15-12)3-4-10-7-18(17-16-10)8-11-2-1-5-19-11;1-2-3-4-6-5-9-7(8)10-6;6-8-7-4-5-2-1-3-9-5;;/h1-2,5-7H,3-4,8H2,(H3,13,14,15);1,5H,3-4H2,(H3,8,9,10);1-3H,4H2;2*1H. The average Bonchev–Trinajstić information content (AvgIpc) is 3.75. The first-order chi connectivity index (χ1) is 18.6. The zero-order valence-electron chi connectivity index (χ0n) is 21.4. The summed E-state index contributed by atoms with van der Waals surface area (Å²) in [4.78, 5) is 16.2. The van der Waals surface area contributed by atoms with E-state index < -0.39 is 0 Å². The summed E-state index contributed by atoms with van der Waals surface area (Å²) in [6.07, 6.45) is 16.8. The van der Waals surface area contributed by atoms with Crippen LogP contribution in [0.2, 0.25) is 0 Å². The van der Waals surface area contributed by atoms with E-state index >= 15 is 0 Å². The normalized spacial score (nSPS) is 9.38. The van der Waals surface area contributed by atoms with Gasteiger partial charge in [0.1, 0.15) is 18.1 Å². The fraction of sp³-hybridized carbons (Fsp3) is 0.250. The number of rotatable bonds is 9. The van der Waals surface area contributed by atoms with E-state index in [1.807, 2.05) is 18.3 Å². The van der Waals surface area contributed by atoms with E-state index in [1.54, 1.807) is 41.7 Å². The fourth-order valence-electron chi connectivity index (χ4n) is 3.07. The Morgan fingerprint density at radius 1 is 0.975 bits per heavy atom. The minimum absolute atomic E-state index is 0. The fourth-order valence-corrected chi connectivity index (χ4v) is 3.07. The lowest BCUT2D eigenvalue weighted by Crippen LogP contribution is -1.98. The molecule has 5 heterocycles. The van der Waals surface area contributed by atoms with Crippen LogP contribution < -0.4 is 11.5 Å². The van der Waals surface area contributed by atoms with Crippen LogP contribution in [0.15, 0.2) is 69.3 Å². The van der Waals surface area contributed by atoms with Crippen LogP contribution in [0.5, 0.6) is 0 Å². The van der Waals surface area contributed by atoms with Gasteiger partial charge in [-0.3, -0.25) is 0 Å². The molecule has 0 aromatic carbocycles. The van der Waals surface area contributed by atoms with Crippen LogP contribution in [-0.4, -0.2) is 34.9 Å². The molecule has 0 aliphatic rings. The first kappa shape index (κ1) is 33.2. The zero-order valence-corrected chi connectivity index (χ0v) is 23.0. The third-order valence-corrected chi connectivity index (χ3v) is 4.84. The van der Waals surface area contributed by atoms with Gasteiger partial charge in [0.25, 0.3) is 0 Å². The number of nitrogens with two attached hydrogens (primary N) is 2. The van der Waals surface area contributed by atoms with Gasteiger partial charge in [0.15, 0.2) is 11.9 Å². The van der Waals surface area contributed by atoms with Gasteiger partial charge in [-0.2, -0.15) is 0 Å². The number of azide groups is 1. The Morgan fingerprint density at radius 2 is 1.60 bits per heavy atom. The second kappa shape index (κ2) is 18.4. The molecule has 6 N–H and O–H groups in total. The molecule has 5 aromatic heterocycles. The first-order valence-corrected chi connectivity index (χ1v) is 11.5. The van der Waals surface area contributed by atoms with Crippen molar-refractivity contribution in [3.05, 3.63) is 94.4 Å². The van der Waals surface area contributed by atoms with Gasteiger partial charge in [0.2, 0.25) is 0 Å². The number of hydrogen-bond acceptors (Lipinski definition) is 9. The van der Waals surface area contributed by atoms with Crippen molar-refractivity contribution in [1.29, 1.82) is 0 Å². The monoisotopic (exact) mass is 588 g/mol. The highest BCUT2D eigenvalue weighted by molar-refractivity contribution is 5.85. The third-order valence-electron chi connectivity index (χ3n) is 4.84. The maximum absolute atomic E-state index is 7.88. The Balaban J connectivity index is 0.000000325. The summed E-state index contributed by atoms with van der Waals surface area (Å²) >= 11 is 0. The minimum atomic E-state index is 0. The number of furan rings is 2. The molecule has 0 aliphatic carbocycles. The topological polar surface area (TPSA) is 215 Å². The van der Waals surface area contributed by atoms with E-state index in [2.05, 4.69) is 46.2 Å². The number of nitrogens with zero attached hydrogens (tertiary/aromatic N) is 8. The quantitative estimate of drug-likeness (QED) is 0.0828. The van der Waals surface area contributed by atoms with Crippen molar-refractivity contribution in [1.82, 2.24) is 34.9 Å². The molecule has 0 saturated heterocycles. The molecule has 5 aromatic rings. The van der Waals surface area contributed by atoms with Gasteiger partial charge in [-0.1, -0.05) is 10.3 Å². The Labute approximate surface area is 242 Å². The zero-order chi connectivity index (χ0) is 27.0. The molecule has 0 unspecified atom stereocenters. The largest absolute Gasteiger partial charge is 0.469 e. The highest BCUT2D eigenvalue weighted by Gasteiger charge is 2.05. The molecular formula is C24H30Cl2N12O2. The van der Waals surface area contributed by atoms with E-state index in [0.29, 0.717) is 30.7 Å². The lowest BCUT2D eigenvalue weighted by atomic mass is 10.2. The summed E-state index contributed by atoms with van der Waals surface area (Å²) in [5, 5.41) is 11.5. The number of nitrogens with one attached hydrogen (secondary N) is 2. The van der Waals surface area contributed by atoms with E-state index in [9.17, 15) is 0 Å². The molecule has 16 heteroatoms. The van der Waals surface area contributed by atoms with Crippen LogP contribution in [0.3, 0.4) is 0 Å². The molecule has 0 radical (unpaired) electrons. The lowest BCUT2D eigenvalue weighted by Gasteiger charge is -1.95. The molecule has 0 amide bonds. The van der Waals surface area contributed by atoms with Gasteiger partial charge >= 0.3 is 0 Å². The third kappa shape index (κ3) is 12.1. The SMILES string of the molecule is C#CCCc1cnc(N)[nH]1.Cl.Cl.Nc1ncc(CCc2cn(Cc3ccco3)nn2)[nH]1.[N-]=[N+]=NCc1ccco1. The number of terminal acetylenes is 1. The predicted octanol–water partition coefficient (Wildman–Crippen LogP) is 4.50. The maximum atomic E-state index is 7.88. The van der Waals surface area contributed by atoms with Crippen LogP contribution in [0.1, 0.15) is 35.0 Å². The van der Waals surface area contributed by atoms with E-state index in [-0.39, 0.29) is 24.8 Å². The lowest BCUT2D eigenvalue weighted by molar-refractivity contribution is 0.475. The van der Waals surface area contributed by atoms with Crippen molar-refractivity contribution in [3.63, 3.8) is 0 Å². The summed E-state index contributed by atoms with van der Waals surface area (Å²) in [5.41, 5.74) is 21.7. The van der Waals surface area contributed by atoms with Crippen molar-refractivity contribution in [3.8, 4) is 12.3 Å². The van der Waals surface area contributed by atoms with Crippen molar-refractivity contribution in [2.75, 3.05) is 11.5 Å². The molecule has 0 spiro atoms. The van der Waals surface area contributed by atoms with Gasteiger partial charge in [-0.25, -0.2) is 14.6 Å². The number of aryl methyl sites for hydroxylation is 3. The van der Waals surface area contributed by atoms with E-state index in [0.717, 1.165) is 48.5 Å². The number of aromatic amines is 2. The van der Waals surface area contributed by atoms with Gasteiger partial charge in [-0.15, -0.1) is 42.3 Å². The van der Waals surface area contributed by atoms with Gasteiger partial charge < -0.3 is 30.3 Å². The molecule has 0 aliphatic heterocycles. The summed E-state index contributed by atoms with van der Waals surface area (Å²) in [6, 6.07) is 7.28. The van der Waals surface area contributed by atoms with Crippen LogP contribution in [-0.2, 0) is 32.4 Å². The maximum Gasteiger partial charge on any atom is 0.197 e. The second-order valence-corrected chi connectivity index (χ2v) is 7.75. The van der Waals surface area contributed by atoms with Gasteiger partial charge in [-0.05, 0) is 42.6 Å². The van der Waals surface area contributed by atoms with Gasteiger partial charge in [0.05, 0.1) is 37.2 Å². The van der Waals surface area contributed by atoms with Crippen molar-refractivity contribution in [2.24, 2.45) is 5.11 Å². The second-order valence-electron chi connectivity index (χ2n) is 7.75. The molecule has 0 bridgehead atoms. The van der Waals surface area contributed by atoms with Crippen LogP contribution >= 0.6 is 24.8 Å². The molecular weight excluding hydrogens is 559 g/mol. The van der Waals surface area contributed by atoms with Crippen LogP contribution in [0, 0.1) is 12.3 Å². The summed E-state index contributed by atoms with van der Waals surface area (Å²) in [5.74, 6) is 4.98. The molecule has 14 nitrogen and oxygen atoms in total. The number of nitrogen functional groups attached to an aromatic ring is 2. The molecule has 212 valence electrons. The van der Waals surface area contributed by atoms with Crippen molar-refractivity contribution >= 4 is 36.7 Å². The molecule has 40 heavy (non-hydrogen) atoms. The van der Waals surface area contributed by atoms with E-state index in [1.165, 1.54) is 0 Å². The molecule has 5 rings (SSSR count). The Kier molecular flexibility index (Phi) is 15.3. The predicted molar refractivity (Wildman–Crippen MR) is 154 cm³/mol. The average molecular weight is 589 g/mol. The van der Waals surface area contributed by atoms with Crippen LogP contribution in [0.25, 0.3) is 10.4 Å². The van der Waals surface area contributed by atoms with Gasteiger partial charge in [0, 0.05) is 35.3 Å². The molecule has 0 fully saturated rings. The number of aromatic nitrogens is 7. The number of hydrogen-bond donors (Lipinski definition) is 4. The van der Waals surface area contributed by atoms with E-state index in [4.69, 9.17) is 32.3 Å². The Bertz CT molecular complexity index is 1430. The summed E-state index contributed by atoms with van der Waals surface area (Å²) in [6.45, 7) is 0.889. The smallest absolute Gasteiger partial charge is 0.197 e. The minimum Gasteiger partial charge on any atom is -0.469 e. The number of halogens is 2. The van der Waals surface area contributed by atoms with Crippen molar-refractivity contribution in [2.45, 2.75) is 38.8 Å². The summed E-state index contributed by atoms with van der Waals surface area (Å²) < 4.78 is 11.9. The first-order valence-electron chi connectivity index (χ1n) is 11.5. The van der Waals surface area contributed by atoms with Crippen molar-refractivity contribution < 1.29 is 8.83 Å². The highest BCUT2D eigenvalue weighted by atomic mass is 35.5.